The second-order valence-corrected chi connectivity index (χ2v) is 4.85. The van der Waals surface area contributed by atoms with Crippen molar-refractivity contribution < 1.29 is 0 Å². The van der Waals surface area contributed by atoms with Gasteiger partial charge in [-0.05, 0) is 25.2 Å². The first-order valence-electron chi connectivity index (χ1n) is 6.19. The molecule has 1 fully saturated rings. The first kappa shape index (κ1) is 11.3. The molecule has 1 unspecified atom stereocenters. The zero-order valence-corrected chi connectivity index (χ0v) is 10.5. The quantitative estimate of drug-likeness (QED) is 0.830. The molecule has 4 heteroatoms. The second-order valence-electron chi connectivity index (χ2n) is 4.85. The van der Waals surface area contributed by atoms with Crippen LogP contribution < -0.4 is 10.6 Å². The molecule has 0 saturated carbocycles. The van der Waals surface area contributed by atoms with Crippen LogP contribution in [0, 0.1) is 5.92 Å². The molecule has 90 valence electrons. The molecular weight excluding hydrogens is 200 g/mol. The van der Waals surface area contributed by atoms with Gasteiger partial charge in [-0.1, -0.05) is 13.8 Å². The van der Waals surface area contributed by atoms with E-state index in [1.54, 1.807) is 0 Å². The summed E-state index contributed by atoms with van der Waals surface area (Å²) in [4.78, 5) is 2.38. The van der Waals surface area contributed by atoms with Gasteiger partial charge in [-0.15, -0.1) is 0 Å². The molecule has 1 aliphatic rings. The highest BCUT2D eigenvalue weighted by atomic mass is 15.4. The van der Waals surface area contributed by atoms with Crippen molar-refractivity contribution in [3.05, 3.63) is 5.69 Å². The number of rotatable bonds is 2. The van der Waals surface area contributed by atoms with Crippen LogP contribution in [0.1, 0.15) is 32.4 Å². The maximum atomic E-state index is 6.17. The minimum atomic E-state index is 0.758. The van der Waals surface area contributed by atoms with Crippen LogP contribution in [0.25, 0.3) is 0 Å². The Kier molecular flexibility index (Phi) is 3.08. The Labute approximate surface area is 97.4 Å². The molecule has 1 aromatic rings. The Balaban J connectivity index is 2.28. The summed E-state index contributed by atoms with van der Waals surface area (Å²) in [5.41, 5.74) is 8.06. The van der Waals surface area contributed by atoms with Gasteiger partial charge in [0, 0.05) is 20.1 Å². The molecule has 16 heavy (non-hydrogen) atoms. The monoisotopic (exact) mass is 222 g/mol. The van der Waals surface area contributed by atoms with Crippen LogP contribution in [0.3, 0.4) is 0 Å². The Morgan fingerprint density at radius 3 is 2.81 bits per heavy atom. The predicted molar refractivity (Wildman–Crippen MR) is 67.6 cm³/mol. The van der Waals surface area contributed by atoms with E-state index in [1.165, 1.54) is 12.8 Å². The maximum absolute atomic E-state index is 6.17. The molecule has 2 rings (SSSR count). The Bertz CT molecular complexity index is 369. The van der Waals surface area contributed by atoms with Crippen molar-refractivity contribution in [1.29, 1.82) is 0 Å². The van der Waals surface area contributed by atoms with E-state index in [2.05, 4.69) is 23.8 Å². The van der Waals surface area contributed by atoms with Gasteiger partial charge in [0.1, 0.15) is 5.82 Å². The predicted octanol–water partition coefficient (Wildman–Crippen LogP) is 1.80. The van der Waals surface area contributed by atoms with Gasteiger partial charge in [-0.2, -0.15) is 5.10 Å². The largest absolute Gasteiger partial charge is 0.394 e. The fourth-order valence-electron chi connectivity index (χ4n) is 2.60. The third kappa shape index (κ3) is 1.88. The molecule has 1 aliphatic heterocycles. The van der Waals surface area contributed by atoms with Crippen LogP contribution in [0.4, 0.5) is 11.5 Å². The zero-order valence-electron chi connectivity index (χ0n) is 10.5. The highest BCUT2D eigenvalue weighted by Gasteiger charge is 2.22. The van der Waals surface area contributed by atoms with Crippen LogP contribution in [0.2, 0.25) is 0 Å². The van der Waals surface area contributed by atoms with Gasteiger partial charge in [0.15, 0.2) is 0 Å². The third-order valence-electron chi connectivity index (χ3n) is 3.42. The van der Waals surface area contributed by atoms with Crippen LogP contribution in [-0.2, 0) is 13.5 Å². The summed E-state index contributed by atoms with van der Waals surface area (Å²) in [5, 5.41) is 4.48. The average Bonchev–Trinajstić information content (AvgIpc) is 2.53. The molecule has 0 aromatic carbocycles. The van der Waals surface area contributed by atoms with Crippen molar-refractivity contribution in [3.63, 3.8) is 0 Å². The van der Waals surface area contributed by atoms with Gasteiger partial charge in [0.05, 0.1) is 11.4 Å². The molecule has 0 spiro atoms. The summed E-state index contributed by atoms with van der Waals surface area (Å²) in [7, 11) is 1.99. The van der Waals surface area contributed by atoms with Crippen molar-refractivity contribution in [2.45, 2.75) is 33.1 Å². The van der Waals surface area contributed by atoms with Crippen LogP contribution >= 0.6 is 0 Å². The highest BCUT2D eigenvalue weighted by Crippen LogP contribution is 2.30. The van der Waals surface area contributed by atoms with E-state index >= 15 is 0 Å². The van der Waals surface area contributed by atoms with Crippen molar-refractivity contribution in [1.82, 2.24) is 9.78 Å². The molecule has 2 heterocycles. The van der Waals surface area contributed by atoms with Gasteiger partial charge in [-0.3, -0.25) is 4.68 Å². The van der Waals surface area contributed by atoms with Crippen LogP contribution in [0.5, 0.6) is 0 Å². The minimum Gasteiger partial charge on any atom is -0.394 e. The van der Waals surface area contributed by atoms with E-state index < -0.39 is 0 Å². The Hall–Kier alpha value is -1.19. The number of nitrogens with two attached hydrogens (primary N) is 1. The van der Waals surface area contributed by atoms with E-state index in [0.717, 1.165) is 42.6 Å². The number of hydrogen-bond donors (Lipinski definition) is 1. The van der Waals surface area contributed by atoms with Gasteiger partial charge in [0.25, 0.3) is 0 Å². The van der Waals surface area contributed by atoms with Crippen LogP contribution in [-0.4, -0.2) is 22.9 Å². The molecule has 1 atom stereocenters. The maximum Gasteiger partial charge on any atom is 0.150 e. The van der Waals surface area contributed by atoms with Gasteiger partial charge >= 0.3 is 0 Å². The van der Waals surface area contributed by atoms with Crippen LogP contribution in [0.15, 0.2) is 0 Å². The minimum absolute atomic E-state index is 0.758. The van der Waals surface area contributed by atoms with Crippen molar-refractivity contribution in [2.24, 2.45) is 13.0 Å². The van der Waals surface area contributed by atoms with Gasteiger partial charge in [-0.25, -0.2) is 0 Å². The van der Waals surface area contributed by atoms with Crippen molar-refractivity contribution >= 4 is 11.5 Å². The molecule has 4 nitrogen and oxygen atoms in total. The fraction of sp³-hybridized carbons (Fsp3) is 0.750. The zero-order chi connectivity index (χ0) is 11.7. The number of hydrogen-bond acceptors (Lipinski definition) is 3. The number of piperidine rings is 1. The SMILES string of the molecule is CCc1nn(C)c(N2CCCC(C)C2)c1N. The normalized spacial score (nSPS) is 21.4. The summed E-state index contributed by atoms with van der Waals surface area (Å²) in [5.74, 6) is 1.87. The lowest BCUT2D eigenvalue weighted by Crippen LogP contribution is -2.35. The summed E-state index contributed by atoms with van der Waals surface area (Å²) in [6, 6.07) is 0. The van der Waals surface area contributed by atoms with E-state index in [4.69, 9.17) is 5.73 Å². The molecule has 0 amide bonds. The first-order chi connectivity index (χ1) is 7.63. The standard InChI is InChI=1S/C12H22N4/c1-4-10-11(13)12(15(3)14-10)16-7-5-6-9(2)8-16/h9H,4-8,13H2,1-3H3. The lowest BCUT2D eigenvalue weighted by atomic mass is 10.0. The van der Waals surface area contributed by atoms with E-state index in [9.17, 15) is 0 Å². The van der Waals surface area contributed by atoms with E-state index in [-0.39, 0.29) is 0 Å². The Morgan fingerprint density at radius 1 is 1.50 bits per heavy atom. The van der Waals surface area contributed by atoms with E-state index in [0.29, 0.717) is 0 Å². The molecule has 0 radical (unpaired) electrons. The summed E-state index contributed by atoms with van der Waals surface area (Å²) < 4.78 is 1.94. The van der Waals surface area contributed by atoms with Crippen molar-refractivity contribution in [3.8, 4) is 0 Å². The smallest absolute Gasteiger partial charge is 0.150 e. The average molecular weight is 222 g/mol. The molecule has 2 N–H and O–H groups in total. The van der Waals surface area contributed by atoms with Gasteiger partial charge < -0.3 is 10.6 Å². The number of nitrogen functional groups attached to an aromatic ring is 1. The van der Waals surface area contributed by atoms with Crippen molar-refractivity contribution in [2.75, 3.05) is 23.7 Å². The number of aryl methyl sites for hydroxylation is 2. The highest BCUT2D eigenvalue weighted by molar-refractivity contribution is 5.66. The molecular formula is C12H22N4. The lowest BCUT2D eigenvalue weighted by molar-refractivity contribution is 0.440. The molecule has 0 bridgehead atoms. The number of aromatic nitrogens is 2. The topological polar surface area (TPSA) is 47.1 Å². The molecule has 1 aromatic heterocycles. The Morgan fingerprint density at radius 2 is 2.25 bits per heavy atom. The summed E-state index contributed by atoms with van der Waals surface area (Å²) in [6.07, 6.45) is 3.49. The number of nitrogens with zero attached hydrogens (tertiary/aromatic N) is 3. The molecule has 0 aliphatic carbocycles. The third-order valence-corrected chi connectivity index (χ3v) is 3.42. The number of anilines is 2. The summed E-state index contributed by atoms with van der Waals surface area (Å²) in [6.45, 7) is 6.62. The fourth-order valence-corrected chi connectivity index (χ4v) is 2.60. The van der Waals surface area contributed by atoms with E-state index in [1.807, 2.05) is 11.7 Å². The molecule has 1 saturated heterocycles. The van der Waals surface area contributed by atoms with Gasteiger partial charge in [0.2, 0.25) is 0 Å². The second kappa shape index (κ2) is 4.36. The summed E-state index contributed by atoms with van der Waals surface area (Å²) >= 11 is 0. The first-order valence-corrected chi connectivity index (χ1v) is 6.19. The lowest BCUT2D eigenvalue weighted by Gasteiger charge is -2.32.